The molecule has 1 fully saturated rings. The Morgan fingerprint density at radius 3 is 2.68 bits per heavy atom. The van der Waals surface area contributed by atoms with Crippen molar-refractivity contribution in [1.29, 1.82) is 0 Å². The van der Waals surface area contributed by atoms with Crippen molar-refractivity contribution >= 4 is 5.97 Å². The van der Waals surface area contributed by atoms with E-state index in [1.165, 1.54) is 7.11 Å². The zero-order valence-electron chi connectivity index (χ0n) is 13.1. The third-order valence-corrected chi connectivity index (χ3v) is 4.12. The highest BCUT2D eigenvalue weighted by atomic mass is 16.7. The van der Waals surface area contributed by atoms with Gasteiger partial charge < -0.3 is 19.3 Å². The molecule has 0 amide bonds. The Hall–Kier alpha value is -1.47. The molecule has 4 atom stereocenters. The van der Waals surface area contributed by atoms with E-state index < -0.39 is 18.0 Å². The van der Waals surface area contributed by atoms with Crippen LogP contribution in [0, 0.1) is 0 Å². The topological polar surface area (TPSA) is 77.0 Å². The molecule has 0 unspecified atom stereocenters. The van der Waals surface area contributed by atoms with E-state index in [2.05, 4.69) is 10.1 Å². The highest BCUT2D eigenvalue weighted by molar-refractivity contribution is 5.71. The van der Waals surface area contributed by atoms with Crippen molar-refractivity contribution in [2.45, 2.75) is 37.4 Å². The minimum Gasteiger partial charge on any atom is -0.468 e. The van der Waals surface area contributed by atoms with Gasteiger partial charge in [0.1, 0.15) is 5.60 Å². The molecule has 2 N–H and O–H groups in total. The van der Waals surface area contributed by atoms with E-state index in [1.54, 1.807) is 7.11 Å². The number of aliphatic hydroxyl groups is 1. The Kier molecular flexibility index (Phi) is 5.52. The van der Waals surface area contributed by atoms with Gasteiger partial charge in [-0.15, -0.1) is 0 Å². The normalized spacial score (nSPS) is 31.7. The van der Waals surface area contributed by atoms with Gasteiger partial charge in [0, 0.05) is 7.11 Å². The van der Waals surface area contributed by atoms with Crippen molar-refractivity contribution in [3.63, 3.8) is 0 Å². The molecular formula is C16H23NO5. The first-order chi connectivity index (χ1) is 10.5. The molecule has 1 aliphatic rings. The maximum Gasteiger partial charge on any atom is 0.319 e. The molecule has 0 spiro atoms. The second-order valence-electron chi connectivity index (χ2n) is 5.51. The standard InChI is InChI=1S/C16H23NO5/c1-16(11-7-5-4-6-8-11)13(18)9-12(15(21-3)22-16)17-10-14(19)20-2/h4-8,12-13,15,17-18H,9-10H2,1-3H3/t12-,13+,15-,16-/m1/s1. The van der Waals surface area contributed by atoms with E-state index in [0.29, 0.717) is 6.42 Å². The summed E-state index contributed by atoms with van der Waals surface area (Å²) in [7, 11) is 2.87. The first kappa shape index (κ1) is 16.9. The van der Waals surface area contributed by atoms with E-state index in [9.17, 15) is 9.90 Å². The van der Waals surface area contributed by atoms with Crippen molar-refractivity contribution < 1.29 is 24.1 Å². The fourth-order valence-electron chi connectivity index (χ4n) is 2.69. The molecule has 1 aliphatic heterocycles. The minimum atomic E-state index is -0.856. The zero-order chi connectivity index (χ0) is 16.2. The molecule has 22 heavy (non-hydrogen) atoms. The summed E-state index contributed by atoms with van der Waals surface area (Å²) >= 11 is 0. The molecule has 1 aromatic carbocycles. The van der Waals surface area contributed by atoms with Crippen molar-refractivity contribution in [3.05, 3.63) is 35.9 Å². The van der Waals surface area contributed by atoms with Crippen molar-refractivity contribution in [1.82, 2.24) is 5.32 Å². The summed E-state index contributed by atoms with van der Waals surface area (Å²) in [5.74, 6) is -0.374. The lowest BCUT2D eigenvalue weighted by atomic mass is 9.83. The molecule has 0 bridgehead atoms. The van der Waals surface area contributed by atoms with Gasteiger partial charge in [-0.3, -0.25) is 10.1 Å². The number of hydrogen-bond donors (Lipinski definition) is 2. The lowest BCUT2D eigenvalue weighted by Gasteiger charge is -2.46. The molecule has 2 rings (SSSR count). The first-order valence-electron chi connectivity index (χ1n) is 7.25. The van der Waals surface area contributed by atoms with Crippen LogP contribution in [0.25, 0.3) is 0 Å². The number of hydrogen-bond acceptors (Lipinski definition) is 6. The number of esters is 1. The largest absolute Gasteiger partial charge is 0.468 e. The summed E-state index contributed by atoms with van der Waals surface area (Å²) in [6.45, 7) is 1.88. The lowest BCUT2D eigenvalue weighted by molar-refractivity contribution is -0.272. The molecule has 1 saturated heterocycles. The lowest BCUT2D eigenvalue weighted by Crippen LogP contribution is -2.58. The van der Waals surface area contributed by atoms with Crippen LogP contribution < -0.4 is 5.32 Å². The van der Waals surface area contributed by atoms with Crippen LogP contribution in [0.15, 0.2) is 30.3 Å². The van der Waals surface area contributed by atoms with Gasteiger partial charge in [-0.2, -0.15) is 0 Å². The summed E-state index contributed by atoms with van der Waals surface area (Å²) < 4.78 is 16.0. The first-order valence-corrected chi connectivity index (χ1v) is 7.25. The highest BCUT2D eigenvalue weighted by Crippen LogP contribution is 2.37. The van der Waals surface area contributed by atoms with Crippen LogP contribution in [0.4, 0.5) is 0 Å². The maximum absolute atomic E-state index is 11.3. The van der Waals surface area contributed by atoms with E-state index >= 15 is 0 Å². The van der Waals surface area contributed by atoms with Crippen LogP contribution in [0.5, 0.6) is 0 Å². The fourth-order valence-corrected chi connectivity index (χ4v) is 2.69. The monoisotopic (exact) mass is 309 g/mol. The van der Waals surface area contributed by atoms with Crippen LogP contribution in [-0.2, 0) is 24.6 Å². The Labute approximate surface area is 130 Å². The Morgan fingerprint density at radius 1 is 1.41 bits per heavy atom. The third kappa shape index (κ3) is 3.47. The van der Waals surface area contributed by atoms with Gasteiger partial charge in [0.05, 0.1) is 25.8 Å². The van der Waals surface area contributed by atoms with Crippen molar-refractivity contribution in [2.24, 2.45) is 0 Å². The second kappa shape index (κ2) is 7.19. The number of ether oxygens (including phenoxy) is 3. The second-order valence-corrected chi connectivity index (χ2v) is 5.51. The molecule has 122 valence electrons. The van der Waals surface area contributed by atoms with Gasteiger partial charge in [-0.05, 0) is 18.9 Å². The predicted octanol–water partition coefficient (Wildman–Crippen LogP) is 0.787. The SMILES string of the molecule is COC(=O)CN[C@@H]1C[C@H](O)[C@@](C)(c2ccccc2)O[C@H]1OC. The molecular weight excluding hydrogens is 286 g/mol. The molecule has 0 saturated carbocycles. The van der Waals surface area contributed by atoms with Crippen LogP contribution >= 0.6 is 0 Å². The summed E-state index contributed by atoms with van der Waals surface area (Å²) in [5, 5.41) is 13.6. The maximum atomic E-state index is 11.3. The Bertz CT molecular complexity index is 495. The molecule has 0 aromatic heterocycles. The van der Waals surface area contributed by atoms with Gasteiger partial charge >= 0.3 is 5.97 Å². The third-order valence-electron chi connectivity index (χ3n) is 4.12. The van der Waals surface area contributed by atoms with Crippen LogP contribution in [0.2, 0.25) is 0 Å². The molecule has 6 heteroatoms. The van der Waals surface area contributed by atoms with Gasteiger partial charge in [0.25, 0.3) is 0 Å². The molecule has 1 aromatic rings. The van der Waals surface area contributed by atoms with E-state index in [0.717, 1.165) is 5.56 Å². The van der Waals surface area contributed by atoms with Crippen LogP contribution in [0.1, 0.15) is 18.9 Å². The number of rotatable bonds is 5. The van der Waals surface area contributed by atoms with Crippen molar-refractivity contribution in [2.75, 3.05) is 20.8 Å². The van der Waals surface area contributed by atoms with Crippen LogP contribution in [-0.4, -0.2) is 50.3 Å². The number of methoxy groups -OCH3 is 2. The van der Waals surface area contributed by atoms with E-state index in [-0.39, 0.29) is 18.6 Å². The molecule has 0 aliphatic carbocycles. The van der Waals surface area contributed by atoms with Crippen molar-refractivity contribution in [3.8, 4) is 0 Å². The van der Waals surface area contributed by atoms with E-state index in [4.69, 9.17) is 9.47 Å². The zero-order valence-corrected chi connectivity index (χ0v) is 13.1. The van der Waals surface area contributed by atoms with E-state index in [1.807, 2.05) is 37.3 Å². The van der Waals surface area contributed by atoms with Crippen LogP contribution in [0.3, 0.4) is 0 Å². The Morgan fingerprint density at radius 2 is 2.09 bits per heavy atom. The number of aliphatic hydroxyl groups excluding tert-OH is 1. The molecule has 0 radical (unpaired) electrons. The predicted molar refractivity (Wildman–Crippen MR) is 80.1 cm³/mol. The number of carbonyl (C=O) groups is 1. The summed E-state index contributed by atoms with van der Waals surface area (Å²) in [6.07, 6.45) is -0.893. The van der Waals surface area contributed by atoms with Gasteiger partial charge in [0.2, 0.25) is 0 Å². The average Bonchev–Trinajstić information content (AvgIpc) is 2.56. The average molecular weight is 309 g/mol. The van der Waals surface area contributed by atoms with Gasteiger partial charge in [0.15, 0.2) is 6.29 Å². The number of nitrogens with one attached hydrogen (secondary N) is 1. The molecule has 6 nitrogen and oxygen atoms in total. The fraction of sp³-hybridized carbons (Fsp3) is 0.562. The summed E-state index contributed by atoms with van der Waals surface area (Å²) in [4.78, 5) is 11.3. The highest BCUT2D eigenvalue weighted by Gasteiger charge is 2.46. The molecule has 1 heterocycles. The quantitative estimate of drug-likeness (QED) is 0.783. The number of carbonyl (C=O) groups excluding carboxylic acids is 1. The Balaban J connectivity index is 2.12. The summed E-state index contributed by atoms with van der Waals surface area (Å²) in [6, 6.07) is 9.25. The summed E-state index contributed by atoms with van der Waals surface area (Å²) in [5.41, 5.74) is 0.0294. The van der Waals surface area contributed by atoms with Gasteiger partial charge in [-0.1, -0.05) is 30.3 Å². The van der Waals surface area contributed by atoms with Gasteiger partial charge in [-0.25, -0.2) is 0 Å². The number of benzene rings is 1. The smallest absolute Gasteiger partial charge is 0.319 e. The minimum absolute atomic E-state index is 0.0408.